The van der Waals surface area contributed by atoms with E-state index in [-0.39, 0.29) is 10.8 Å². The molecule has 0 saturated heterocycles. The van der Waals surface area contributed by atoms with Crippen LogP contribution in [0.5, 0.6) is 0 Å². The molecule has 1 aromatic carbocycles. The quantitative estimate of drug-likeness (QED) is 0.878. The number of carbonyl (C=O) groups excluding carboxylic acids is 1. The van der Waals surface area contributed by atoms with Crippen LogP contribution >= 0.6 is 24.0 Å². The Balaban J connectivity index is 2.12. The van der Waals surface area contributed by atoms with Gasteiger partial charge < -0.3 is 4.90 Å². The van der Waals surface area contributed by atoms with Gasteiger partial charge >= 0.3 is 0 Å². The molecule has 1 amide bonds. The Morgan fingerprint density at radius 3 is 2.94 bits per heavy atom. The first-order chi connectivity index (χ1) is 8.58. The SMILES string of the molecule is CN(Cc1cscn1)C(=O)c1ccc(F)c(S)c1. The second-order valence-electron chi connectivity index (χ2n) is 3.81. The summed E-state index contributed by atoms with van der Waals surface area (Å²) in [6.07, 6.45) is 0. The molecule has 2 rings (SSSR count). The third-order valence-corrected chi connectivity index (χ3v) is 3.40. The van der Waals surface area contributed by atoms with Gasteiger partial charge in [0.15, 0.2) is 0 Å². The molecule has 0 atom stereocenters. The van der Waals surface area contributed by atoms with E-state index in [0.29, 0.717) is 12.1 Å². The monoisotopic (exact) mass is 282 g/mol. The third kappa shape index (κ3) is 2.88. The lowest BCUT2D eigenvalue weighted by molar-refractivity contribution is 0.0783. The average Bonchev–Trinajstić information content (AvgIpc) is 2.84. The fourth-order valence-corrected chi connectivity index (χ4v) is 2.26. The van der Waals surface area contributed by atoms with Gasteiger partial charge in [-0.3, -0.25) is 4.79 Å². The summed E-state index contributed by atoms with van der Waals surface area (Å²) < 4.78 is 13.1. The predicted molar refractivity (Wildman–Crippen MR) is 71.6 cm³/mol. The minimum Gasteiger partial charge on any atom is -0.336 e. The maximum Gasteiger partial charge on any atom is 0.253 e. The second-order valence-corrected chi connectivity index (χ2v) is 5.01. The highest BCUT2D eigenvalue weighted by Crippen LogP contribution is 2.16. The normalized spacial score (nSPS) is 10.4. The number of hydrogen-bond acceptors (Lipinski definition) is 4. The zero-order valence-corrected chi connectivity index (χ0v) is 11.3. The summed E-state index contributed by atoms with van der Waals surface area (Å²) >= 11 is 5.45. The molecule has 0 spiro atoms. The lowest BCUT2D eigenvalue weighted by Gasteiger charge is -2.16. The molecule has 1 heterocycles. The van der Waals surface area contributed by atoms with Crippen molar-refractivity contribution in [3.8, 4) is 0 Å². The van der Waals surface area contributed by atoms with Crippen molar-refractivity contribution in [2.75, 3.05) is 7.05 Å². The van der Waals surface area contributed by atoms with Crippen LogP contribution in [0.3, 0.4) is 0 Å². The zero-order valence-electron chi connectivity index (χ0n) is 9.63. The fourth-order valence-electron chi connectivity index (χ4n) is 1.50. The Kier molecular flexibility index (Phi) is 3.98. The van der Waals surface area contributed by atoms with Crippen molar-refractivity contribution in [2.24, 2.45) is 0 Å². The van der Waals surface area contributed by atoms with Crippen LogP contribution in [0.1, 0.15) is 16.1 Å². The molecule has 0 aliphatic heterocycles. The standard InChI is InChI=1S/C12H11FN2OS2/c1-15(5-9-6-18-7-14-9)12(16)8-2-3-10(13)11(17)4-8/h2-4,6-7,17H,5H2,1H3. The minimum atomic E-state index is -0.433. The number of thiol groups is 1. The van der Waals surface area contributed by atoms with Crippen molar-refractivity contribution >= 4 is 29.9 Å². The van der Waals surface area contributed by atoms with Crippen LogP contribution < -0.4 is 0 Å². The van der Waals surface area contributed by atoms with E-state index >= 15 is 0 Å². The molecule has 0 unspecified atom stereocenters. The molecule has 18 heavy (non-hydrogen) atoms. The van der Waals surface area contributed by atoms with E-state index in [0.717, 1.165) is 5.69 Å². The van der Waals surface area contributed by atoms with Crippen LogP contribution in [0, 0.1) is 5.82 Å². The Labute approximate surface area is 114 Å². The van der Waals surface area contributed by atoms with Gasteiger partial charge in [-0.15, -0.1) is 24.0 Å². The lowest BCUT2D eigenvalue weighted by Crippen LogP contribution is -2.26. The Morgan fingerprint density at radius 2 is 2.33 bits per heavy atom. The number of hydrogen-bond donors (Lipinski definition) is 1. The maximum atomic E-state index is 13.1. The number of amides is 1. The smallest absolute Gasteiger partial charge is 0.253 e. The van der Waals surface area contributed by atoms with Gasteiger partial charge in [-0.25, -0.2) is 9.37 Å². The zero-order chi connectivity index (χ0) is 13.1. The van der Waals surface area contributed by atoms with Gasteiger partial charge in [0.2, 0.25) is 0 Å². The van der Waals surface area contributed by atoms with Crippen molar-refractivity contribution in [1.29, 1.82) is 0 Å². The van der Waals surface area contributed by atoms with Crippen LogP contribution in [0.15, 0.2) is 34.0 Å². The summed E-state index contributed by atoms with van der Waals surface area (Å²) in [4.78, 5) is 17.9. The van der Waals surface area contributed by atoms with Gasteiger partial charge in [-0.2, -0.15) is 0 Å². The summed E-state index contributed by atoms with van der Waals surface area (Å²) in [5, 5.41) is 1.89. The Bertz CT molecular complexity index is 557. The van der Waals surface area contributed by atoms with Gasteiger partial charge in [-0.05, 0) is 18.2 Å². The van der Waals surface area contributed by atoms with Crippen LogP contribution in [-0.4, -0.2) is 22.8 Å². The van der Waals surface area contributed by atoms with Gasteiger partial charge in [-0.1, -0.05) is 0 Å². The van der Waals surface area contributed by atoms with Crippen LogP contribution in [0.4, 0.5) is 4.39 Å². The summed E-state index contributed by atoms with van der Waals surface area (Å²) in [6.45, 7) is 0.432. The summed E-state index contributed by atoms with van der Waals surface area (Å²) in [5.74, 6) is -0.615. The van der Waals surface area contributed by atoms with Crippen LogP contribution in [0.25, 0.3) is 0 Å². The van der Waals surface area contributed by atoms with E-state index in [1.54, 1.807) is 12.6 Å². The van der Waals surface area contributed by atoms with E-state index in [9.17, 15) is 9.18 Å². The number of rotatable bonds is 3. The lowest BCUT2D eigenvalue weighted by atomic mass is 10.2. The van der Waals surface area contributed by atoms with Gasteiger partial charge in [0.05, 0.1) is 17.7 Å². The second kappa shape index (κ2) is 5.49. The number of benzene rings is 1. The average molecular weight is 282 g/mol. The number of carbonyl (C=O) groups is 1. The molecular weight excluding hydrogens is 271 g/mol. The first kappa shape index (κ1) is 13.0. The van der Waals surface area contributed by atoms with E-state index in [4.69, 9.17) is 0 Å². The molecule has 3 nitrogen and oxygen atoms in total. The molecule has 6 heteroatoms. The fraction of sp³-hybridized carbons (Fsp3) is 0.167. The first-order valence-corrected chi connectivity index (χ1v) is 6.58. The summed E-state index contributed by atoms with van der Waals surface area (Å²) in [5.41, 5.74) is 2.97. The molecule has 0 bridgehead atoms. The summed E-state index contributed by atoms with van der Waals surface area (Å²) in [7, 11) is 1.68. The Hall–Kier alpha value is -1.40. The predicted octanol–water partition coefficient (Wildman–Crippen LogP) is 2.84. The van der Waals surface area contributed by atoms with E-state index in [1.165, 1.54) is 34.4 Å². The molecule has 0 fully saturated rings. The maximum absolute atomic E-state index is 13.1. The largest absolute Gasteiger partial charge is 0.336 e. The van der Waals surface area contributed by atoms with Crippen molar-refractivity contribution in [1.82, 2.24) is 9.88 Å². The van der Waals surface area contributed by atoms with Crippen LogP contribution in [-0.2, 0) is 6.54 Å². The van der Waals surface area contributed by atoms with Gasteiger partial charge in [0.1, 0.15) is 5.82 Å². The summed E-state index contributed by atoms with van der Waals surface area (Å²) in [6, 6.07) is 4.12. The van der Waals surface area contributed by atoms with Crippen molar-refractivity contribution in [3.63, 3.8) is 0 Å². The van der Waals surface area contributed by atoms with Crippen LogP contribution in [0.2, 0.25) is 0 Å². The van der Waals surface area contributed by atoms with E-state index < -0.39 is 5.82 Å². The molecule has 0 radical (unpaired) electrons. The Morgan fingerprint density at radius 1 is 1.56 bits per heavy atom. The number of halogens is 1. The highest BCUT2D eigenvalue weighted by atomic mass is 32.1. The number of aromatic nitrogens is 1. The number of thiazole rings is 1. The topological polar surface area (TPSA) is 33.2 Å². The van der Waals surface area contributed by atoms with Crippen molar-refractivity contribution < 1.29 is 9.18 Å². The van der Waals surface area contributed by atoms with Gasteiger partial charge in [0, 0.05) is 22.9 Å². The molecule has 0 aliphatic carbocycles. The molecule has 94 valence electrons. The first-order valence-electron chi connectivity index (χ1n) is 5.19. The molecule has 2 aromatic rings. The third-order valence-electron chi connectivity index (χ3n) is 2.42. The highest BCUT2D eigenvalue weighted by Gasteiger charge is 2.14. The van der Waals surface area contributed by atoms with Gasteiger partial charge in [0.25, 0.3) is 5.91 Å². The highest BCUT2D eigenvalue weighted by molar-refractivity contribution is 7.80. The van der Waals surface area contributed by atoms with E-state index in [2.05, 4.69) is 17.6 Å². The minimum absolute atomic E-state index is 0.169. The molecule has 0 N–H and O–H groups in total. The van der Waals surface area contributed by atoms with Crippen molar-refractivity contribution in [2.45, 2.75) is 11.4 Å². The van der Waals surface area contributed by atoms with Crippen molar-refractivity contribution in [3.05, 3.63) is 46.2 Å². The number of nitrogens with zero attached hydrogens (tertiary/aromatic N) is 2. The molecule has 1 aromatic heterocycles. The van der Waals surface area contributed by atoms with E-state index in [1.807, 2.05) is 5.38 Å². The molecule has 0 aliphatic rings. The molecular formula is C12H11FN2OS2. The molecule has 0 saturated carbocycles.